The number of aryl methyl sites for hydroxylation is 2. The molecule has 4 fully saturated rings. The zero-order valence-corrected chi connectivity index (χ0v) is 46.7. The van der Waals surface area contributed by atoms with Gasteiger partial charge in [-0.3, -0.25) is 0 Å². The van der Waals surface area contributed by atoms with Crippen LogP contribution in [0.25, 0.3) is 79.8 Å². The molecule has 7 aliphatic heterocycles. The van der Waals surface area contributed by atoms with Gasteiger partial charge in [0.1, 0.15) is 96.2 Å². The molecule has 0 saturated carbocycles. The summed E-state index contributed by atoms with van der Waals surface area (Å²) in [5.74, 6) is 1.25. The molecule has 460 valence electrons. The van der Waals surface area contributed by atoms with E-state index in [0.29, 0.717) is 91.9 Å². The summed E-state index contributed by atoms with van der Waals surface area (Å²) < 4.78 is 46.1. The Kier molecular flexibility index (Phi) is 16.6. The van der Waals surface area contributed by atoms with E-state index in [1.807, 2.05) is 85.0 Å². The van der Waals surface area contributed by atoms with Crippen LogP contribution in [0.5, 0.6) is 23.0 Å². The highest BCUT2D eigenvalue weighted by Gasteiger charge is 2.42. The topological polar surface area (TPSA) is 374 Å². The van der Waals surface area contributed by atoms with Crippen molar-refractivity contribution >= 4 is 35.3 Å². The lowest BCUT2D eigenvalue weighted by molar-refractivity contribution is -0.242. The smallest absolute Gasteiger partial charge is 0.228 e. The van der Waals surface area contributed by atoms with Crippen LogP contribution in [0.1, 0.15) is 34.2 Å². The predicted molar refractivity (Wildman–Crippen MR) is 313 cm³/mol. The number of ether oxygens (including phenoxy) is 8. The van der Waals surface area contributed by atoms with Crippen molar-refractivity contribution in [1.82, 2.24) is 19.9 Å². The molecule has 4 saturated heterocycles. The predicted octanol–water partition coefficient (Wildman–Crippen LogP) is 2.10. The summed E-state index contributed by atoms with van der Waals surface area (Å²) in [6.07, 6.45) is -13.5. The van der Waals surface area contributed by atoms with Crippen LogP contribution in [0.4, 0.5) is 0 Å². The van der Waals surface area contributed by atoms with Crippen LogP contribution < -0.4 is 18.9 Å². The molecule has 9 heterocycles. The van der Waals surface area contributed by atoms with E-state index in [1.54, 1.807) is 48.5 Å². The summed E-state index contributed by atoms with van der Waals surface area (Å²) >= 11 is 0. The molecule has 14 N–H and O–H groups in total. The summed E-state index contributed by atoms with van der Waals surface area (Å²) in [5, 5.41) is 125. The normalized spacial score (nSPS) is 30.0. The number of hydrogen-bond acceptors (Lipinski definition) is 22. The molecule has 4 unspecified atom stereocenters. The van der Waals surface area contributed by atoms with Crippen LogP contribution in [0, 0.1) is 0 Å². The van der Waals surface area contributed by atoms with Crippen molar-refractivity contribution in [2.75, 3.05) is 26.4 Å². The van der Waals surface area contributed by atoms with E-state index in [1.165, 1.54) is 0 Å². The molecule has 2 aromatic heterocycles. The minimum atomic E-state index is -1.53. The van der Waals surface area contributed by atoms with Gasteiger partial charge in [-0.1, -0.05) is 48.5 Å². The fraction of sp³-hybridized carbons (Fsp3) is 0.344. The highest BCUT2D eigenvalue weighted by atomic mass is 16.7. The van der Waals surface area contributed by atoms with Gasteiger partial charge in [0.15, 0.2) is 0 Å². The van der Waals surface area contributed by atoms with E-state index in [4.69, 9.17) is 47.9 Å². The molecule has 24 nitrogen and oxygen atoms in total. The van der Waals surface area contributed by atoms with Gasteiger partial charge in [0.2, 0.25) is 25.2 Å². The fourth-order valence-electron chi connectivity index (χ4n) is 11.6. The molecule has 0 radical (unpaired) electrons. The van der Waals surface area contributed by atoms with Gasteiger partial charge in [-0.25, -0.2) is 9.97 Å². The molecule has 4 aromatic carbocycles. The Bertz CT molecular complexity index is 3540. The molecular weight excluding hydrogens is 1140 g/mol. The number of benzene rings is 4. The van der Waals surface area contributed by atoms with E-state index in [-0.39, 0.29) is 26.4 Å². The second-order valence-corrected chi connectivity index (χ2v) is 22.4. The zero-order chi connectivity index (χ0) is 61.1. The van der Waals surface area contributed by atoms with Gasteiger partial charge in [-0.05, 0) is 120 Å². The highest BCUT2D eigenvalue weighted by Crippen LogP contribution is 2.41. The summed E-state index contributed by atoms with van der Waals surface area (Å²) in [6, 6.07) is 32.1. The van der Waals surface area contributed by atoms with Crippen LogP contribution in [0.2, 0.25) is 0 Å². The quantitative estimate of drug-likeness (QED) is 0.0833. The first-order valence-electron chi connectivity index (χ1n) is 28.7. The second-order valence-electron chi connectivity index (χ2n) is 22.4. The Morgan fingerprint density at radius 3 is 0.830 bits per heavy atom. The number of nitrogens with zero attached hydrogens (tertiary/aromatic N) is 2. The number of fused-ring (bicyclic) bond motifs is 8. The van der Waals surface area contributed by atoms with Crippen LogP contribution in [-0.2, 0) is 31.8 Å². The third-order valence-electron chi connectivity index (χ3n) is 16.5. The molecule has 24 heteroatoms. The SMILES string of the molecule is O[C@@H]1[C@H](O)COC(Oc2ccc(-c3c4nc(c(-c5ccc(OC6OC[C@@H](O)[C@@H](O)[C@@H]6O)cc5)c5ccc([nH]5)c(-c5ccc(OC6OC[C@@H](O)[C@@H](O)[C@@H]6O)cc5)c5nc(c(-c6ccc(OC7OC[C@@H](O)[C@@H](O)[C@@H]7O)cc6)c6[nH]c3CC6)C=C5)C=C4)cc2)[C@H]1O. The maximum atomic E-state index is 10.7. The van der Waals surface area contributed by atoms with Crippen molar-refractivity contribution in [3.63, 3.8) is 0 Å². The van der Waals surface area contributed by atoms with Crippen LogP contribution in [-0.4, -0.2) is 206 Å². The standard InChI is InChI=1S/C64H64N4O20/c69-45-25-81-61(57(77)53(45)73)85-33-9-1-29(2-10-33)49-37-17-19-39(65-37)50(30-3-11-34(12-4-30)86-62-58(78)54(74)46(70)26-82-62)41-21-23-43(67-41)52(32-7-15-36(16-8-32)88-64-60(80)56(76)48(72)28-84-64)44-24-22-42(68-44)51(40-20-18-38(49)66-40)31-5-13-35(14-6-31)87-63-59(79)55(75)47(71)27-83-63/h1-21,23,45-48,53-65,68-80H,22,24-28H2/t45-,46-,47-,48-,53-,54-,55-,56-,57+,58+,59+,60+,61?,62?,63?,64?/m1/s1. The molecule has 13 rings (SSSR count). The fourth-order valence-corrected chi connectivity index (χ4v) is 11.6. The van der Waals surface area contributed by atoms with E-state index in [9.17, 15) is 61.3 Å². The Morgan fingerprint density at radius 1 is 0.307 bits per heavy atom. The second kappa shape index (κ2) is 24.7. The van der Waals surface area contributed by atoms with Gasteiger partial charge in [0.25, 0.3) is 0 Å². The van der Waals surface area contributed by atoms with Crippen molar-refractivity contribution in [3.8, 4) is 67.5 Å². The summed E-state index contributed by atoms with van der Waals surface area (Å²) in [7, 11) is 0. The number of hydrogen-bond donors (Lipinski definition) is 14. The van der Waals surface area contributed by atoms with Crippen molar-refractivity contribution in [2.45, 2.75) is 111 Å². The average Bonchev–Trinajstić information content (AvgIpc) is 2.16. The molecule has 88 heavy (non-hydrogen) atoms. The van der Waals surface area contributed by atoms with E-state index >= 15 is 0 Å². The maximum Gasteiger partial charge on any atom is 0.228 e. The van der Waals surface area contributed by atoms with Gasteiger partial charge in [-0.15, -0.1) is 0 Å². The first kappa shape index (κ1) is 59.3. The van der Waals surface area contributed by atoms with E-state index in [0.717, 1.165) is 33.6 Å². The number of aromatic nitrogens is 4. The number of aliphatic hydroxyl groups is 12. The van der Waals surface area contributed by atoms with Gasteiger partial charge in [0.05, 0.1) is 49.2 Å². The number of aromatic amines is 2. The zero-order valence-electron chi connectivity index (χ0n) is 46.7. The first-order chi connectivity index (χ1) is 42.5. The van der Waals surface area contributed by atoms with E-state index < -0.39 is 98.4 Å². The molecule has 0 amide bonds. The average molecular weight is 1210 g/mol. The number of H-pyrrole nitrogens is 2. The molecule has 16 atom stereocenters. The lowest BCUT2D eigenvalue weighted by Gasteiger charge is -2.34. The molecule has 0 aliphatic carbocycles. The minimum absolute atomic E-state index is 0.243. The Morgan fingerprint density at radius 2 is 0.557 bits per heavy atom. The van der Waals surface area contributed by atoms with Crippen LogP contribution in [0.15, 0.2) is 109 Å². The molecule has 8 bridgehead atoms. The molecule has 0 spiro atoms. The molecule has 7 aliphatic rings. The lowest BCUT2D eigenvalue weighted by Crippen LogP contribution is -2.54. The molecular formula is C64H64N4O20. The van der Waals surface area contributed by atoms with Crippen molar-refractivity contribution in [2.24, 2.45) is 0 Å². The lowest BCUT2D eigenvalue weighted by atomic mass is 9.99. The van der Waals surface area contributed by atoms with Gasteiger partial charge in [0, 0.05) is 44.7 Å². The number of rotatable bonds is 12. The van der Waals surface area contributed by atoms with Crippen molar-refractivity contribution in [1.29, 1.82) is 0 Å². The summed E-state index contributed by atoms with van der Waals surface area (Å²) in [4.78, 5) is 18.3. The number of aliphatic hydroxyl groups excluding tert-OH is 12. The van der Waals surface area contributed by atoms with E-state index in [2.05, 4.69) is 9.97 Å². The van der Waals surface area contributed by atoms with Crippen LogP contribution in [0.3, 0.4) is 0 Å². The minimum Gasteiger partial charge on any atom is -0.462 e. The Hall–Kier alpha value is -7.70. The third-order valence-corrected chi connectivity index (χ3v) is 16.5. The third kappa shape index (κ3) is 11.7. The first-order valence-corrected chi connectivity index (χ1v) is 28.7. The summed E-state index contributed by atoms with van der Waals surface area (Å²) in [6.45, 7) is -0.979. The van der Waals surface area contributed by atoms with Gasteiger partial charge < -0.3 is 109 Å². The summed E-state index contributed by atoms with van der Waals surface area (Å²) in [5.41, 5.74) is 10.8. The Labute approximate surface area is 501 Å². The Balaban J connectivity index is 0.982. The van der Waals surface area contributed by atoms with Crippen molar-refractivity contribution < 1.29 is 99.2 Å². The number of nitrogens with one attached hydrogen (secondary N) is 2. The van der Waals surface area contributed by atoms with Crippen LogP contribution >= 0.6 is 0 Å². The van der Waals surface area contributed by atoms with Gasteiger partial charge in [-0.2, -0.15) is 0 Å². The largest absolute Gasteiger partial charge is 0.462 e. The maximum absolute atomic E-state index is 10.7. The van der Waals surface area contributed by atoms with Crippen molar-refractivity contribution in [3.05, 3.63) is 143 Å². The van der Waals surface area contributed by atoms with Gasteiger partial charge >= 0.3 is 0 Å². The molecule has 6 aromatic rings. The monoisotopic (exact) mass is 1210 g/mol. The highest BCUT2D eigenvalue weighted by molar-refractivity contribution is 5.97.